The number of carboxylic acids is 1. The number of amides is 1. The number of allylic oxidation sites excluding steroid dienone is 1. The van der Waals surface area contributed by atoms with E-state index in [-0.39, 0.29) is 11.5 Å². The van der Waals surface area contributed by atoms with Crippen LogP contribution in [0.3, 0.4) is 0 Å². The van der Waals surface area contributed by atoms with E-state index >= 15 is 0 Å². The molecule has 1 amide bonds. The fraction of sp³-hybridized carbons (Fsp3) is 0.286. The van der Waals surface area contributed by atoms with E-state index in [4.69, 9.17) is 5.11 Å². The van der Waals surface area contributed by atoms with E-state index in [0.717, 1.165) is 23.2 Å². The Hall–Kier alpha value is -2.10. The highest BCUT2D eigenvalue weighted by atomic mass is 16.4. The van der Waals surface area contributed by atoms with Crippen molar-refractivity contribution in [3.63, 3.8) is 0 Å². The number of carbonyl (C=O) groups excluding carboxylic acids is 1. The molecule has 1 aliphatic rings. The number of carboxylic acid groups (broad SMARTS) is 1. The van der Waals surface area contributed by atoms with Crippen LogP contribution in [0.25, 0.3) is 0 Å². The topological polar surface area (TPSA) is 57.6 Å². The van der Waals surface area contributed by atoms with Crippen molar-refractivity contribution >= 4 is 17.6 Å². The molecular formula is C14H15NO3. The monoisotopic (exact) mass is 245 g/mol. The van der Waals surface area contributed by atoms with Gasteiger partial charge in [-0.1, -0.05) is 11.6 Å². The van der Waals surface area contributed by atoms with Crippen molar-refractivity contribution in [2.24, 2.45) is 0 Å². The van der Waals surface area contributed by atoms with Crippen LogP contribution >= 0.6 is 0 Å². The lowest BCUT2D eigenvalue weighted by Crippen LogP contribution is -2.27. The van der Waals surface area contributed by atoms with Crippen LogP contribution in [0.5, 0.6) is 0 Å². The average molecular weight is 245 g/mol. The molecule has 0 fully saturated rings. The Morgan fingerprint density at radius 2 is 2.06 bits per heavy atom. The first kappa shape index (κ1) is 12.4. The third-order valence-electron chi connectivity index (χ3n) is 2.91. The van der Waals surface area contributed by atoms with E-state index < -0.39 is 5.97 Å². The summed E-state index contributed by atoms with van der Waals surface area (Å²) in [6.07, 6.45) is 2.35. The molecule has 0 unspecified atom stereocenters. The SMILES string of the molecule is CC(C)=CC(=O)N1CCc2ccc(C(=O)O)cc21. The van der Waals surface area contributed by atoms with Gasteiger partial charge in [0, 0.05) is 18.3 Å². The van der Waals surface area contributed by atoms with Crippen molar-refractivity contribution in [1.29, 1.82) is 0 Å². The molecule has 1 N–H and O–H groups in total. The molecule has 4 nitrogen and oxygen atoms in total. The summed E-state index contributed by atoms with van der Waals surface area (Å²) in [4.78, 5) is 24.6. The van der Waals surface area contributed by atoms with E-state index in [1.54, 1.807) is 29.2 Å². The first-order valence-corrected chi connectivity index (χ1v) is 5.81. The number of hydrogen-bond donors (Lipinski definition) is 1. The highest BCUT2D eigenvalue weighted by Gasteiger charge is 2.24. The standard InChI is InChI=1S/C14H15NO3/c1-9(2)7-13(16)15-6-5-10-3-4-11(14(17)18)8-12(10)15/h3-4,7-8H,5-6H2,1-2H3,(H,17,18). The molecule has 1 heterocycles. The molecule has 0 aromatic heterocycles. The van der Waals surface area contributed by atoms with E-state index in [9.17, 15) is 9.59 Å². The van der Waals surface area contributed by atoms with Crippen molar-refractivity contribution in [2.75, 3.05) is 11.4 Å². The molecule has 0 saturated heterocycles. The lowest BCUT2D eigenvalue weighted by Gasteiger charge is -2.15. The van der Waals surface area contributed by atoms with Crippen LogP contribution < -0.4 is 4.90 Å². The second-order valence-corrected chi connectivity index (χ2v) is 4.61. The second kappa shape index (κ2) is 4.64. The minimum Gasteiger partial charge on any atom is -0.478 e. The molecule has 1 aliphatic heterocycles. The first-order valence-electron chi connectivity index (χ1n) is 5.81. The lowest BCUT2D eigenvalue weighted by atomic mass is 10.1. The largest absolute Gasteiger partial charge is 0.478 e. The summed E-state index contributed by atoms with van der Waals surface area (Å²) in [6, 6.07) is 4.94. The highest BCUT2D eigenvalue weighted by molar-refractivity contribution is 6.04. The maximum atomic E-state index is 12.0. The zero-order valence-corrected chi connectivity index (χ0v) is 10.4. The first-order chi connectivity index (χ1) is 8.49. The van der Waals surface area contributed by atoms with Gasteiger partial charge in [0.2, 0.25) is 0 Å². The fourth-order valence-electron chi connectivity index (χ4n) is 2.07. The number of benzene rings is 1. The lowest BCUT2D eigenvalue weighted by molar-refractivity contribution is -0.114. The van der Waals surface area contributed by atoms with Crippen molar-refractivity contribution in [2.45, 2.75) is 20.3 Å². The quantitative estimate of drug-likeness (QED) is 0.813. The molecule has 0 spiro atoms. The minimum absolute atomic E-state index is 0.0868. The number of anilines is 1. The van der Waals surface area contributed by atoms with E-state index in [1.165, 1.54) is 0 Å². The van der Waals surface area contributed by atoms with Gasteiger partial charge in [0.1, 0.15) is 0 Å². The summed E-state index contributed by atoms with van der Waals surface area (Å²) < 4.78 is 0. The van der Waals surface area contributed by atoms with Gasteiger partial charge in [-0.3, -0.25) is 4.79 Å². The van der Waals surface area contributed by atoms with Crippen LogP contribution in [0.1, 0.15) is 29.8 Å². The fourth-order valence-corrected chi connectivity index (χ4v) is 2.07. The molecule has 0 saturated carbocycles. The molecule has 0 atom stereocenters. The Labute approximate surface area is 106 Å². The Balaban J connectivity index is 2.37. The molecule has 0 aliphatic carbocycles. The number of fused-ring (bicyclic) bond motifs is 1. The number of carbonyl (C=O) groups is 2. The maximum Gasteiger partial charge on any atom is 0.335 e. The predicted octanol–water partition coefficient (Wildman–Crippen LogP) is 2.24. The number of nitrogens with zero attached hydrogens (tertiary/aromatic N) is 1. The summed E-state index contributed by atoms with van der Waals surface area (Å²) in [5.41, 5.74) is 2.89. The van der Waals surface area contributed by atoms with Crippen LogP contribution in [0.15, 0.2) is 29.8 Å². The zero-order valence-electron chi connectivity index (χ0n) is 10.4. The number of aromatic carboxylic acids is 1. The Kier molecular flexibility index (Phi) is 3.19. The molecule has 0 bridgehead atoms. The van der Waals surface area contributed by atoms with Gasteiger partial charge in [-0.2, -0.15) is 0 Å². The van der Waals surface area contributed by atoms with Crippen molar-refractivity contribution < 1.29 is 14.7 Å². The van der Waals surface area contributed by atoms with Gasteiger partial charge in [0.05, 0.1) is 5.56 Å². The van der Waals surface area contributed by atoms with Gasteiger partial charge < -0.3 is 10.0 Å². The normalized spacial score (nSPS) is 13.1. The molecule has 1 aromatic rings. The molecule has 0 radical (unpaired) electrons. The van der Waals surface area contributed by atoms with Gasteiger partial charge >= 0.3 is 5.97 Å². The van der Waals surface area contributed by atoms with Crippen LogP contribution in [0.2, 0.25) is 0 Å². The molecule has 18 heavy (non-hydrogen) atoms. The summed E-state index contributed by atoms with van der Waals surface area (Å²) in [5, 5.41) is 8.97. The zero-order chi connectivity index (χ0) is 13.3. The summed E-state index contributed by atoms with van der Waals surface area (Å²) in [7, 11) is 0. The van der Waals surface area contributed by atoms with E-state index in [1.807, 2.05) is 13.8 Å². The van der Waals surface area contributed by atoms with Gasteiger partial charge in [-0.25, -0.2) is 4.79 Å². The molecular weight excluding hydrogens is 230 g/mol. The van der Waals surface area contributed by atoms with Crippen molar-refractivity contribution in [3.05, 3.63) is 41.0 Å². The number of hydrogen-bond acceptors (Lipinski definition) is 2. The molecule has 4 heteroatoms. The Morgan fingerprint density at radius 1 is 1.33 bits per heavy atom. The number of rotatable bonds is 2. The second-order valence-electron chi connectivity index (χ2n) is 4.61. The van der Waals surface area contributed by atoms with Crippen LogP contribution in [0, 0.1) is 0 Å². The third-order valence-corrected chi connectivity index (χ3v) is 2.91. The van der Waals surface area contributed by atoms with Crippen LogP contribution in [0.4, 0.5) is 5.69 Å². The van der Waals surface area contributed by atoms with Gasteiger partial charge in [-0.05, 0) is 38.0 Å². The third kappa shape index (κ3) is 2.27. The van der Waals surface area contributed by atoms with Crippen molar-refractivity contribution in [1.82, 2.24) is 0 Å². The Bertz CT molecular complexity index is 542. The van der Waals surface area contributed by atoms with Crippen LogP contribution in [-0.2, 0) is 11.2 Å². The van der Waals surface area contributed by atoms with E-state index in [2.05, 4.69) is 0 Å². The van der Waals surface area contributed by atoms with Crippen LogP contribution in [-0.4, -0.2) is 23.5 Å². The highest BCUT2D eigenvalue weighted by Crippen LogP contribution is 2.29. The van der Waals surface area contributed by atoms with Gasteiger partial charge in [0.25, 0.3) is 5.91 Å². The minimum atomic E-state index is -0.973. The maximum absolute atomic E-state index is 12.0. The summed E-state index contributed by atoms with van der Waals surface area (Å²) in [5.74, 6) is -1.06. The average Bonchev–Trinajstić information content (AvgIpc) is 2.70. The van der Waals surface area contributed by atoms with E-state index in [0.29, 0.717) is 6.54 Å². The molecule has 1 aromatic carbocycles. The van der Waals surface area contributed by atoms with Gasteiger partial charge in [0.15, 0.2) is 0 Å². The van der Waals surface area contributed by atoms with Crippen molar-refractivity contribution in [3.8, 4) is 0 Å². The van der Waals surface area contributed by atoms with Gasteiger partial charge in [-0.15, -0.1) is 0 Å². The summed E-state index contributed by atoms with van der Waals surface area (Å²) in [6.45, 7) is 4.34. The predicted molar refractivity (Wildman–Crippen MR) is 68.9 cm³/mol. The summed E-state index contributed by atoms with van der Waals surface area (Å²) >= 11 is 0. The molecule has 94 valence electrons. The molecule has 2 rings (SSSR count). The smallest absolute Gasteiger partial charge is 0.335 e. The Morgan fingerprint density at radius 3 is 2.67 bits per heavy atom.